The van der Waals surface area contributed by atoms with Gasteiger partial charge in [-0.1, -0.05) is 76.1 Å². The van der Waals surface area contributed by atoms with Gasteiger partial charge in [0.25, 0.3) is 0 Å². The molecule has 0 spiro atoms. The van der Waals surface area contributed by atoms with Gasteiger partial charge in [-0.05, 0) is 43.2 Å². The van der Waals surface area contributed by atoms with E-state index in [4.69, 9.17) is 0 Å². The SMILES string of the molecule is CCCCCCCCCCc1ccc(CNC2CCC(C(=O)O)(C(=O)NC)C2)cc1. The number of hydrogen-bond acceptors (Lipinski definition) is 3. The molecule has 30 heavy (non-hydrogen) atoms. The Hall–Kier alpha value is -1.88. The van der Waals surface area contributed by atoms with Gasteiger partial charge in [0.05, 0.1) is 0 Å². The maximum Gasteiger partial charge on any atom is 0.319 e. The van der Waals surface area contributed by atoms with Crippen LogP contribution in [0.4, 0.5) is 0 Å². The van der Waals surface area contributed by atoms with Crippen LogP contribution in [0.25, 0.3) is 0 Å². The van der Waals surface area contributed by atoms with Crippen molar-refractivity contribution in [1.82, 2.24) is 10.6 Å². The molecule has 1 aromatic rings. The van der Waals surface area contributed by atoms with Crippen molar-refractivity contribution in [3.8, 4) is 0 Å². The number of hydrogen-bond donors (Lipinski definition) is 3. The molecule has 1 amide bonds. The van der Waals surface area contributed by atoms with E-state index in [-0.39, 0.29) is 11.9 Å². The van der Waals surface area contributed by atoms with Crippen LogP contribution >= 0.6 is 0 Å². The first-order chi connectivity index (χ1) is 14.5. The molecule has 0 radical (unpaired) electrons. The topological polar surface area (TPSA) is 78.4 Å². The predicted molar refractivity (Wildman–Crippen MR) is 121 cm³/mol. The number of carbonyl (C=O) groups excluding carboxylic acids is 1. The lowest BCUT2D eigenvalue weighted by Gasteiger charge is -2.22. The minimum atomic E-state index is -1.29. The summed E-state index contributed by atoms with van der Waals surface area (Å²) in [4.78, 5) is 23.8. The third-order valence-electron chi connectivity index (χ3n) is 6.52. The van der Waals surface area contributed by atoms with Gasteiger partial charge in [-0.15, -0.1) is 0 Å². The molecule has 5 heteroatoms. The summed E-state index contributed by atoms with van der Waals surface area (Å²) in [6.45, 7) is 2.96. The normalized spacial score (nSPS) is 20.9. The third kappa shape index (κ3) is 7.12. The number of rotatable bonds is 14. The Bertz CT molecular complexity index is 659. The van der Waals surface area contributed by atoms with Crippen LogP contribution in [0.2, 0.25) is 0 Å². The molecular formula is C25H40N2O3. The largest absolute Gasteiger partial charge is 0.480 e. The monoisotopic (exact) mass is 416 g/mol. The van der Waals surface area contributed by atoms with Gasteiger partial charge in [0.2, 0.25) is 5.91 Å². The van der Waals surface area contributed by atoms with Gasteiger partial charge in [-0.25, -0.2) is 0 Å². The molecule has 3 N–H and O–H groups in total. The van der Waals surface area contributed by atoms with Gasteiger partial charge in [0, 0.05) is 19.6 Å². The molecule has 2 unspecified atom stereocenters. The molecule has 0 heterocycles. The maximum atomic E-state index is 12.1. The van der Waals surface area contributed by atoms with Crippen LogP contribution < -0.4 is 10.6 Å². The molecule has 2 rings (SSSR count). The summed E-state index contributed by atoms with van der Waals surface area (Å²) < 4.78 is 0. The van der Waals surface area contributed by atoms with Gasteiger partial charge in [-0.3, -0.25) is 9.59 Å². The summed E-state index contributed by atoms with van der Waals surface area (Å²) in [6, 6.07) is 8.78. The van der Waals surface area contributed by atoms with Crippen molar-refractivity contribution >= 4 is 11.9 Å². The molecule has 1 saturated carbocycles. The van der Waals surface area contributed by atoms with Crippen LogP contribution in [0.15, 0.2) is 24.3 Å². The van der Waals surface area contributed by atoms with Crippen molar-refractivity contribution in [2.24, 2.45) is 5.41 Å². The van der Waals surface area contributed by atoms with E-state index in [1.54, 1.807) is 0 Å². The number of unbranched alkanes of at least 4 members (excludes halogenated alkanes) is 7. The van der Waals surface area contributed by atoms with E-state index in [2.05, 4.69) is 41.8 Å². The summed E-state index contributed by atoms with van der Waals surface area (Å²) in [7, 11) is 1.50. The molecule has 1 aliphatic rings. The zero-order valence-corrected chi connectivity index (χ0v) is 18.8. The van der Waals surface area contributed by atoms with E-state index in [1.165, 1.54) is 69.5 Å². The fourth-order valence-electron chi connectivity index (χ4n) is 4.51. The number of aryl methyl sites for hydroxylation is 1. The van der Waals surface area contributed by atoms with E-state index in [9.17, 15) is 14.7 Å². The zero-order chi connectivity index (χ0) is 21.8. The molecule has 168 valence electrons. The lowest BCUT2D eigenvalue weighted by Crippen LogP contribution is -2.44. The summed E-state index contributed by atoms with van der Waals surface area (Å²) in [5, 5.41) is 15.5. The van der Waals surface area contributed by atoms with Crippen LogP contribution in [-0.2, 0) is 22.6 Å². The quantitative estimate of drug-likeness (QED) is 0.300. The molecule has 0 aromatic heterocycles. The number of amides is 1. The second kappa shape index (κ2) is 12.7. The maximum absolute atomic E-state index is 12.1. The fraction of sp³-hybridized carbons (Fsp3) is 0.680. The van der Waals surface area contributed by atoms with Crippen LogP contribution in [0.3, 0.4) is 0 Å². The standard InChI is InChI=1S/C25H40N2O3/c1-3-4-5-6-7-8-9-10-11-20-12-14-21(15-13-20)19-27-22-16-17-25(18-22,24(29)30)23(28)26-2/h12-15,22,27H,3-11,16-19H2,1-2H3,(H,26,28)(H,29,30). The Balaban J connectivity index is 1.68. The van der Waals surface area contributed by atoms with E-state index < -0.39 is 11.4 Å². The van der Waals surface area contributed by atoms with E-state index in [1.807, 2.05) is 0 Å². The molecule has 1 aromatic carbocycles. The third-order valence-corrected chi connectivity index (χ3v) is 6.52. The highest BCUT2D eigenvalue weighted by molar-refractivity contribution is 6.02. The summed E-state index contributed by atoms with van der Waals surface area (Å²) >= 11 is 0. The Morgan fingerprint density at radius 3 is 2.20 bits per heavy atom. The average molecular weight is 417 g/mol. The lowest BCUT2D eigenvalue weighted by atomic mass is 9.85. The van der Waals surface area contributed by atoms with Crippen molar-refractivity contribution in [3.05, 3.63) is 35.4 Å². The van der Waals surface area contributed by atoms with Crippen LogP contribution in [0.5, 0.6) is 0 Å². The minimum absolute atomic E-state index is 0.0513. The van der Waals surface area contributed by atoms with Crippen molar-refractivity contribution in [3.63, 3.8) is 0 Å². The molecule has 0 bridgehead atoms. The summed E-state index contributed by atoms with van der Waals surface area (Å²) in [5.74, 6) is -1.40. The second-order valence-corrected chi connectivity index (χ2v) is 8.83. The molecule has 1 fully saturated rings. The Morgan fingerprint density at radius 2 is 1.60 bits per heavy atom. The molecule has 0 saturated heterocycles. The number of carbonyl (C=O) groups is 2. The van der Waals surface area contributed by atoms with Crippen LogP contribution in [0.1, 0.15) is 88.7 Å². The van der Waals surface area contributed by atoms with Crippen molar-refractivity contribution in [2.75, 3.05) is 7.05 Å². The first-order valence-electron chi connectivity index (χ1n) is 11.8. The van der Waals surface area contributed by atoms with Crippen LogP contribution in [0, 0.1) is 5.41 Å². The van der Waals surface area contributed by atoms with Gasteiger partial charge in [0.15, 0.2) is 0 Å². The molecule has 0 aliphatic heterocycles. The number of carboxylic acid groups (broad SMARTS) is 1. The molecule has 5 nitrogen and oxygen atoms in total. The summed E-state index contributed by atoms with van der Waals surface area (Å²) in [6.07, 6.45) is 13.3. The van der Waals surface area contributed by atoms with Crippen molar-refractivity contribution in [2.45, 2.75) is 96.6 Å². The Kier molecular flexibility index (Phi) is 10.4. The summed E-state index contributed by atoms with van der Waals surface area (Å²) in [5.41, 5.74) is 1.30. The van der Waals surface area contributed by atoms with Gasteiger partial charge in [-0.2, -0.15) is 0 Å². The molecule has 2 atom stereocenters. The van der Waals surface area contributed by atoms with E-state index in [0.29, 0.717) is 25.8 Å². The Labute approximate surface area is 182 Å². The first kappa shape index (κ1) is 24.4. The highest BCUT2D eigenvalue weighted by Crippen LogP contribution is 2.39. The average Bonchev–Trinajstić information content (AvgIpc) is 3.20. The van der Waals surface area contributed by atoms with E-state index >= 15 is 0 Å². The molecular weight excluding hydrogens is 376 g/mol. The highest BCUT2D eigenvalue weighted by Gasteiger charge is 2.51. The van der Waals surface area contributed by atoms with E-state index in [0.717, 1.165) is 6.42 Å². The van der Waals surface area contributed by atoms with Crippen molar-refractivity contribution in [1.29, 1.82) is 0 Å². The van der Waals surface area contributed by atoms with Crippen molar-refractivity contribution < 1.29 is 14.7 Å². The number of benzene rings is 1. The van der Waals surface area contributed by atoms with Gasteiger partial charge >= 0.3 is 5.97 Å². The second-order valence-electron chi connectivity index (χ2n) is 8.83. The lowest BCUT2D eigenvalue weighted by molar-refractivity contribution is -0.155. The highest BCUT2D eigenvalue weighted by atomic mass is 16.4. The fourth-order valence-corrected chi connectivity index (χ4v) is 4.51. The van der Waals surface area contributed by atoms with Gasteiger partial charge < -0.3 is 15.7 Å². The number of carboxylic acids is 1. The minimum Gasteiger partial charge on any atom is -0.480 e. The zero-order valence-electron chi connectivity index (χ0n) is 18.8. The number of aliphatic carboxylic acids is 1. The van der Waals surface area contributed by atoms with Gasteiger partial charge in [0.1, 0.15) is 5.41 Å². The number of nitrogens with one attached hydrogen (secondary N) is 2. The first-order valence-corrected chi connectivity index (χ1v) is 11.8. The predicted octanol–water partition coefficient (Wildman–Crippen LogP) is 4.83. The van der Waals surface area contributed by atoms with Crippen LogP contribution in [-0.4, -0.2) is 30.1 Å². The molecule has 1 aliphatic carbocycles. The Morgan fingerprint density at radius 1 is 1.00 bits per heavy atom. The smallest absolute Gasteiger partial charge is 0.319 e.